The van der Waals surface area contributed by atoms with Gasteiger partial charge in [-0.05, 0) is 18.6 Å². The third kappa shape index (κ3) is 2.87. The van der Waals surface area contributed by atoms with Crippen LogP contribution in [-0.4, -0.2) is 40.1 Å². The predicted octanol–water partition coefficient (Wildman–Crippen LogP) is 1.51. The van der Waals surface area contributed by atoms with Crippen LogP contribution in [0.2, 0.25) is 0 Å². The van der Waals surface area contributed by atoms with E-state index in [1.165, 1.54) is 6.42 Å². The van der Waals surface area contributed by atoms with Gasteiger partial charge in [0.2, 0.25) is 0 Å². The Morgan fingerprint density at radius 1 is 1.72 bits per heavy atom. The Kier molecular flexibility index (Phi) is 4.30. The molecule has 18 heavy (non-hydrogen) atoms. The summed E-state index contributed by atoms with van der Waals surface area (Å²) in [6.07, 6.45) is 2.88. The number of nitrogens with zero attached hydrogens (tertiary/aromatic N) is 3. The van der Waals surface area contributed by atoms with Gasteiger partial charge >= 0.3 is 0 Å². The summed E-state index contributed by atoms with van der Waals surface area (Å²) in [4.78, 5) is 6.43. The number of aromatic nitrogens is 1. The predicted molar refractivity (Wildman–Crippen MR) is 75.5 cm³/mol. The number of thioether (sulfide) groups is 1. The van der Waals surface area contributed by atoms with E-state index in [4.69, 9.17) is 10.9 Å². The van der Waals surface area contributed by atoms with Gasteiger partial charge in [-0.15, -0.1) is 0 Å². The summed E-state index contributed by atoms with van der Waals surface area (Å²) in [5, 5.41) is 12.3. The van der Waals surface area contributed by atoms with E-state index in [1.54, 1.807) is 6.20 Å². The summed E-state index contributed by atoms with van der Waals surface area (Å²) in [6.45, 7) is 4.29. The Morgan fingerprint density at radius 2 is 2.56 bits per heavy atom. The van der Waals surface area contributed by atoms with Crippen molar-refractivity contribution in [3.63, 3.8) is 0 Å². The maximum absolute atomic E-state index is 8.68. The van der Waals surface area contributed by atoms with E-state index in [0.717, 1.165) is 24.5 Å². The molecule has 1 aromatic heterocycles. The van der Waals surface area contributed by atoms with Crippen LogP contribution in [0.15, 0.2) is 23.5 Å². The van der Waals surface area contributed by atoms with Gasteiger partial charge in [0.15, 0.2) is 5.84 Å². The minimum Gasteiger partial charge on any atom is -0.409 e. The maximum Gasteiger partial charge on any atom is 0.188 e. The smallest absolute Gasteiger partial charge is 0.188 e. The Labute approximate surface area is 111 Å². The molecule has 1 fully saturated rings. The van der Waals surface area contributed by atoms with Gasteiger partial charge in [-0.2, -0.15) is 11.8 Å². The van der Waals surface area contributed by atoms with Gasteiger partial charge in [0.1, 0.15) is 5.69 Å². The van der Waals surface area contributed by atoms with Gasteiger partial charge < -0.3 is 15.8 Å². The van der Waals surface area contributed by atoms with Crippen LogP contribution in [0.25, 0.3) is 0 Å². The molecular formula is C12H18N4OS. The standard InChI is InChI=1S/C12H18N4OS/c1-2-10-8-16(5-6-18-10)9-3-4-14-11(7-9)12(13)15-17/h3-4,7,10,17H,2,5-6,8H2,1H3,(H2,13,15). The van der Waals surface area contributed by atoms with Crippen LogP contribution < -0.4 is 10.6 Å². The van der Waals surface area contributed by atoms with Crippen LogP contribution in [0.3, 0.4) is 0 Å². The molecule has 0 radical (unpaired) electrons. The first-order valence-corrected chi connectivity index (χ1v) is 7.10. The molecule has 1 aliphatic heterocycles. The first kappa shape index (κ1) is 13.0. The average molecular weight is 266 g/mol. The van der Waals surface area contributed by atoms with Crippen molar-refractivity contribution in [3.8, 4) is 0 Å². The van der Waals surface area contributed by atoms with Gasteiger partial charge in [0.25, 0.3) is 0 Å². The number of oxime groups is 1. The van der Waals surface area contributed by atoms with Crippen LogP contribution >= 0.6 is 11.8 Å². The molecule has 3 N–H and O–H groups in total. The summed E-state index contributed by atoms with van der Waals surface area (Å²) in [7, 11) is 0. The van der Waals surface area contributed by atoms with Crippen molar-refractivity contribution in [3.05, 3.63) is 24.0 Å². The van der Waals surface area contributed by atoms with E-state index in [-0.39, 0.29) is 5.84 Å². The topological polar surface area (TPSA) is 74.7 Å². The van der Waals surface area contributed by atoms with Crippen LogP contribution in [0, 0.1) is 0 Å². The summed E-state index contributed by atoms with van der Waals surface area (Å²) in [5.74, 6) is 1.19. The van der Waals surface area contributed by atoms with E-state index in [9.17, 15) is 0 Å². The van der Waals surface area contributed by atoms with E-state index in [0.29, 0.717) is 10.9 Å². The van der Waals surface area contributed by atoms with Gasteiger partial charge in [0.05, 0.1) is 0 Å². The summed E-state index contributed by atoms with van der Waals surface area (Å²) >= 11 is 2.03. The number of pyridine rings is 1. The molecular weight excluding hydrogens is 248 g/mol. The number of rotatable bonds is 3. The van der Waals surface area contributed by atoms with Gasteiger partial charge in [-0.3, -0.25) is 4.98 Å². The molecule has 0 amide bonds. The van der Waals surface area contributed by atoms with E-state index in [1.807, 2.05) is 23.9 Å². The zero-order valence-corrected chi connectivity index (χ0v) is 11.2. The molecule has 6 heteroatoms. The molecule has 0 bridgehead atoms. The van der Waals surface area contributed by atoms with Crippen molar-refractivity contribution in [1.29, 1.82) is 0 Å². The highest BCUT2D eigenvalue weighted by Crippen LogP contribution is 2.25. The Morgan fingerprint density at radius 3 is 3.28 bits per heavy atom. The first-order chi connectivity index (χ1) is 8.74. The molecule has 1 saturated heterocycles. The highest BCUT2D eigenvalue weighted by atomic mass is 32.2. The lowest BCUT2D eigenvalue weighted by molar-refractivity contribution is 0.318. The lowest BCUT2D eigenvalue weighted by Gasteiger charge is -2.33. The normalized spacial score (nSPS) is 21.1. The van der Waals surface area contributed by atoms with E-state index < -0.39 is 0 Å². The van der Waals surface area contributed by atoms with Gasteiger partial charge in [-0.1, -0.05) is 12.1 Å². The SMILES string of the molecule is CCC1CN(c2ccnc(/C(N)=N/O)c2)CCS1. The van der Waals surface area contributed by atoms with Crippen molar-refractivity contribution < 1.29 is 5.21 Å². The maximum atomic E-state index is 8.68. The molecule has 1 aliphatic rings. The van der Waals surface area contributed by atoms with Crippen molar-refractivity contribution in [2.45, 2.75) is 18.6 Å². The lowest BCUT2D eigenvalue weighted by Crippen LogP contribution is -2.37. The quantitative estimate of drug-likeness (QED) is 0.375. The zero-order valence-electron chi connectivity index (χ0n) is 10.4. The van der Waals surface area contributed by atoms with Crippen LogP contribution in [-0.2, 0) is 0 Å². The number of nitrogens with two attached hydrogens (primary N) is 1. The summed E-state index contributed by atoms with van der Waals surface area (Å²) < 4.78 is 0. The molecule has 0 saturated carbocycles. The van der Waals surface area contributed by atoms with Crippen LogP contribution in [0.4, 0.5) is 5.69 Å². The number of hydrogen-bond acceptors (Lipinski definition) is 5. The van der Waals surface area contributed by atoms with Crippen LogP contribution in [0.1, 0.15) is 19.0 Å². The second-order valence-corrected chi connectivity index (χ2v) is 5.64. The number of anilines is 1. The van der Waals surface area contributed by atoms with Crippen molar-refractivity contribution in [1.82, 2.24) is 4.98 Å². The molecule has 1 atom stereocenters. The zero-order chi connectivity index (χ0) is 13.0. The second-order valence-electron chi connectivity index (χ2n) is 4.23. The molecule has 2 rings (SSSR count). The molecule has 1 aromatic rings. The minimum atomic E-state index is 0.0512. The average Bonchev–Trinajstić information content (AvgIpc) is 2.46. The fourth-order valence-corrected chi connectivity index (χ4v) is 3.19. The summed E-state index contributed by atoms with van der Waals surface area (Å²) in [5.41, 5.74) is 7.16. The third-order valence-electron chi connectivity index (χ3n) is 3.07. The minimum absolute atomic E-state index is 0.0512. The lowest BCUT2D eigenvalue weighted by atomic mass is 10.2. The molecule has 0 aromatic carbocycles. The summed E-state index contributed by atoms with van der Waals surface area (Å²) in [6, 6.07) is 3.84. The fraction of sp³-hybridized carbons (Fsp3) is 0.500. The monoisotopic (exact) mass is 266 g/mol. The third-order valence-corrected chi connectivity index (χ3v) is 4.45. The number of hydrogen-bond donors (Lipinski definition) is 2. The van der Waals surface area contributed by atoms with Crippen molar-refractivity contribution >= 4 is 23.3 Å². The molecule has 0 aliphatic carbocycles. The van der Waals surface area contributed by atoms with E-state index >= 15 is 0 Å². The Hall–Kier alpha value is -1.43. The fourth-order valence-electron chi connectivity index (χ4n) is 2.01. The van der Waals surface area contributed by atoms with Gasteiger partial charge in [0, 0.05) is 36.0 Å². The largest absolute Gasteiger partial charge is 0.409 e. The second kappa shape index (κ2) is 5.95. The molecule has 0 spiro atoms. The van der Waals surface area contributed by atoms with E-state index in [2.05, 4.69) is 22.0 Å². The molecule has 5 nitrogen and oxygen atoms in total. The molecule has 1 unspecified atom stereocenters. The van der Waals surface area contributed by atoms with Crippen LogP contribution in [0.5, 0.6) is 0 Å². The highest BCUT2D eigenvalue weighted by molar-refractivity contribution is 8.00. The van der Waals surface area contributed by atoms with Crippen molar-refractivity contribution in [2.24, 2.45) is 10.9 Å². The Bertz CT molecular complexity index is 438. The van der Waals surface area contributed by atoms with Gasteiger partial charge in [-0.25, -0.2) is 0 Å². The molecule has 98 valence electrons. The first-order valence-electron chi connectivity index (χ1n) is 6.05. The van der Waals surface area contributed by atoms with Crippen molar-refractivity contribution in [2.75, 3.05) is 23.7 Å². The Balaban J connectivity index is 2.17. The highest BCUT2D eigenvalue weighted by Gasteiger charge is 2.19. The molecule has 2 heterocycles. The number of amidine groups is 1.